The van der Waals surface area contributed by atoms with Crippen molar-refractivity contribution in [3.05, 3.63) is 71.0 Å². The molecule has 37 heavy (non-hydrogen) atoms. The maximum atomic E-state index is 12.5. The lowest BCUT2D eigenvalue weighted by molar-refractivity contribution is -0.113. The van der Waals surface area contributed by atoms with Gasteiger partial charge in [0.25, 0.3) is 5.56 Å². The van der Waals surface area contributed by atoms with Gasteiger partial charge in [0, 0.05) is 30.9 Å². The Kier molecular flexibility index (Phi) is 7.46. The molecule has 0 bridgehead atoms. The van der Waals surface area contributed by atoms with Gasteiger partial charge in [0.05, 0.1) is 18.1 Å². The zero-order valence-electron chi connectivity index (χ0n) is 21.3. The van der Waals surface area contributed by atoms with Gasteiger partial charge in [-0.1, -0.05) is 5.92 Å². The molecule has 0 radical (unpaired) electrons. The summed E-state index contributed by atoms with van der Waals surface area (Å²) in [7, 11) is 7.10. The molecule has 4 aromatic rings. The Morgan fingerprint density at radius 3 is 2.62 bits per heavy atom. The fourth-order valence-corrected chi connectivity index (χ4v) is 3.42. The third kappa shape index (κ3) is 6.09. The van der Waals surface area contributed by atoms with E-state index >= 15 is 0 Å². The van der Waals surface area contributed by atoms with Crippen LogP contribution in [-0.4, -0.2) is 58.0 Å². The summed E-state index contributed by atoms with van der Waals surface area (Å²) in [4.78, 5) is 40.7. The number of hydrogen-bond donors (Lipinski definition) is 1. The van der Waals surface area contributed by atoms with Crippen molar-refractivity contribution in [2.24, 2.45) is 7.05 Å². The second-order valence-electron chi connectivity index (χ2n) is 8.71. The first-order valence-corrected chi connectivity index (χ1v) is 11.5. The summed E-state index contributed by atoms with van der Waals surface area (Å²) in [6.07, 6.45) is 2.90. The Morgan fingerprint density at radius 1 is 1.08 bits per heavy atom. The van der Waals surface area contributed by atoms with Crippen LogP contribution in [0.3, 0.4) is 0 Å². The lowest BCUT2D eigenvalue weighted by Gasteiger charge is -2.16. The van der Waals surface area contributed by atoms with E-state index in [1.807, 2.05) is 56.3 Å². The van der Waals surface area contributed by atoms with Crippen molar-refractivity contribution < 1.29 is 9.53 Å². The normalized spacial score (nSPS) is 10.6. The fraction of sp³-hybridized carbons (Fsp3) is 0.222. The minimum absolute atomic E-state index is 0.205. The summed E-state index contributed by atoms with van der Waals surface area (Å²) >= 11 is 0. The maximum Gasteiger partial charge on any atom is 0.302 e. The van der Waals surface area contributed by atoms with Gasteiger partial charge in [-0.05, 0) is 68.9 Å². The first-order valence-electron chi connectivity index (χ1n) is 11.5. The average molecular weight is 498 g/mol. The molecular formula is C27H27N7O3. The highest BCUT2D eigenvalue weighted by Gasteiger charge is 2.12. The van der Waals surface area contributed by atoms with E-state index in [-0.39, 0.29) is 17.3 Å². The van der Waals surface area contributed by atoms with Crippen LogP contribution < -0.4 is 20.5 Å². The Morgan fingerprint density at radius 2 is 1.89 bits per heavy atom. The lowest BCUT2D eigenvalue weighted by atomic mass is 10.1. The lowest BCUT2D eigenvalue weighted by Crippen LogP contribution is -2.24. The zero-order valence-corrected chi connectivity index (χ0v) is 21.3. The standard InChI is InChI=1S/C27H27N7O3/c1-18-13-19(8-11-23(18)37-24-15-26(36)33(4)17-30-24)31-27-21-14-20(9-10-22(21)28-16-29-27)34(5)25(35)7-6-12-32(2)3/h8-11,13-17H,12H2,1-5H3,(H,28,29,31). The highest BCUT2D eigenvalue weighted by molar-refractivity contribution is 6.06. The number of rotatable bonds is 6. The predicted octanol–water partition coefficient (Wildman–Crippen LogP) is 3.10. The summed E-state index contributed by atoms with van der Waals surface area (Å²) in [6, 6.07) is 12.4. The van der Waals surface area contributed by atoms with Gasteiger partial charge < -0.3 is 19.5 Å². The number of carbonyl (C=O) groups excluding carboxylic acids is 1. The average Bonchev–Trinajstić information content (AvgIpc) is 2.87. The molecule has 1 N–H and O–H groups in total. The molecular weight excluding hydrogens is 470 g/mol. The summed E-state index contributed by atoms with van der Waals surface area (Å²) in [6.45, 7) is 2.40. The van der Waals surface area contributed by atoms with Crippen molar-refractivity contribution in [3.63, 3.8) is 0 Å². The molecule has 188 valence electrons. The number of amides is 1. The Balaban J connectivity index is 1.57. The summed E-state index contributed by atoms with van der Waals surface area (Å²) in [5, 5.41) is 4.08. The number of fused-ring (bicyclic) bond motifs is 1. The third-order valence-corrected chi connectivity index (χ3v) is 5.51. The number of nitrogens with zero attached hydrogens (tertiary/aromatic N) is 6. The molecule has 0 unspecified atom stereocenters. The number of carbonyl (C=O) groups is 1. The van der Waals surface area contributed by atoms with Crippen molar-refractivity contribution in [2.75, 3.05) is 37.9 Å². The summed E-state index contributed by atoms with van der Waals surface area (Å²) < 4.78 is 7.17. The molecule has 2 aromatic carbocycles. The zero-order chi connectivity index (χ0) is 26.5. The van der Waals surface area contributed by atoms with Crippen LogP contribution in [-0.2, 0) is 11.8 Å². The van der Waals surface area contributed by atoms with Gasteiger partial charge in [0.1, 0.15) is 24.2 Å². The molecule has 0 spiro atoms. The van der Waals surface area contributed by atoms with Crippen molar-refractivity contribution >= 4 is 34.0 Å². The highest BCUT2D eigenvalue weighted by atomic mass is 16.5. The van der Waals surface area contributed by atoms with Crippen molar-refractivity contribution in [1.29, 1.82) is 0 Å². The molecule has 0 aliphatic rings. The molecule has 0 saturated carbocycles. The van der Waals surface area contributed by atoms with Gasteiger partial charge in [0.2, 0.25) is 5.88 Å². The van der Waals surface area contributed by atoms with Crippen molar-refractivity contribution in [1.82, 2.24) is 24.4 Å². The minimum atomic E-state index is -0.301. The maximum absolute atomic E-state index is 12.5. The van der Waals surface area contributed by atoms with Crippen molar-refractivity contribution in [2.45, 2.75) is 6.92 Å². The minimum Gasteiger partial charge on any atom is -0.438 e. The van der Waals surface area contributed by atoms with Crippen LogP contribution in [0.25, 0.3) is 10.9 Å². The van der Waals surface area contributed by atoms with Crippen LogP contribution in [0.4, 0.5) is 17.2 Å². The Hall–Kier alpha value is -4.75. The van der Waals surface area contributed by atoms with E-state index in [0.717, 1.165) is 22.2 Å². The molecule has 4 rings (SSSR count). The van der Waals surface area contributed by atoms with E-state index in [1.54, 1.807) is 20.2 Å². The largest absolute Gasteiger partial charge is 0.438 e. The van der Waals surface area contributed by atoms with E-state index in [1.165, 1.54) is 28.2 Å². The van der Waals surface area contributed by atoms with E-state index in [2.05, 4.69) is 32.1 Å². The van der Waals surface area contributed by atoms with E-state index in [4.69, 9.17) is 4.74 Å². The molecule has 2 aromatic heterocycles. The van der Waals surface area contributed by atoms with Crippen LogP contribution in [0.5, 0.6) is 11.6 Å². The number of hydrogen-bond acceptors (Lipinski definition) is 8. The van der Waals surface area contributed by atoms with Gasteiger partial charge in [0.15, 0.2) is 0 Å². The van der Waals surface area contributed by atoms with Gasteiger partial charge >= 0.3 is 5.91 Å². The van der Waals surface area contributed by atoms with E-state index < -0.39 is 0 Å². The summed E-state index contributed by atoms with van der Waals surface area (Å²) in [5.74, 6) is 6.62. The molecule has 1 amide bonds. The van der Waals surface area contributed by atoms with E-state index in [9.17, 15) is 9.59 Å². The molecule has 0 aliphatic heterocycles. The number of nitrogens with one attached hydrogen (secondary N) is 1. The molecule has 0 aliphatic carbocycles. The SMILES string of the molecule is Cc1cc(Nc2ncnc3ccc(N(C)C(=O)C#CCN(C)C)cc23)ccc1Oc1cc(=O)n(C)cn1. The van der Waals surface area contributed by atoms with Gasteiger partial charge in [-0.15, -0.1) is 0 Å². The van der Waals surface area contributed by atoms with Gasteiger partial charge in [-0.3, -0.25) is 14.5 Å². The monoisotopic (exact) mass is 497 g/mol. The number of aryl methyl sites for hydroxylation is 2. The number of ether oxygens (including phenoxy) is 1. The van der Waals surface area contributed by atoms with Crippen LogP contribution >= 0.6 is 0 Å². The molecule has 0 fully saturated rings. The van der Waals surface area contributed by atoms with Crippen LogP contribution in [0.1, 0.15) is 5.56 Å². The second kappa shape index (κ2) is 10.9. The second-order valence-corrected chi connectivity index (χ2v) is 8.71. The molecule has 2 heterocycles. The quantitative estimate of drug-likeness (QED) is 0.405. The topological polar surface area (TPSA) is 105 Å². The van der Waals surface area contributed by atoms with Crippen LogP contribution in [0, 0.1) is 18.8 Å². The summed E-state index contributed by atoms with van der Waals surface area (Å²) in [5.41, 5.74) is 2.83. The molecule has 0 saturated heterocycles. The molecule has 10 heteroatoms. The van der Waals surface area contributed by atoms with Crippen LogP contribution in [0.15, 0.2) is 59.9 Å². The van der Waals surface area contributed by atoms with Crippen molar-refractivity contribution in [3.8, 4) is 23.5 Å². The first kappa shape index (κ1) is 25.3. The highest BCUT2D eigenvalue weighted by Crippen LogP contribution is 2.30. The fourth-order valence-electron chi connectivity index (χ4n) is 3.42. The molecule has 0 atom stereocenters. The predicted molar refractivity (Wildman–Crippen MR) is 143 cm³/mol. The third-order valence-electron chi connectivity index (χ3n) is 5.51. The molecule has 10 nitrogen and oxygen atoms in total. The van der Waals surface area contributed by atoms with Crippen LogP contribution in [0.2, 0.25) is 0 Å². The number of anilines is 3. The van der Waals surface area contributed by atoms with Gasteiger partial charge in [-0.2, -0.15) is 0 Å². The number of aromatic nitrogens is 4. The first-order chi connectivity index (χ1) is 17.7. The smallest absolute Gasteiger partial charge is 0.302 e. The van der Waals surface area contributed by atoms with E-state index in [0.29, 0.717) is 23.8 Å². The van der Waals surface area contributed by atoms with Gasteiger partial charge in [-0.25, -0.2) is 15.0 Å². The Bertz CT molecular complexity index is 1580. The Labute approximate surface area is 214 Å². The number of benzene rings is 2.